The lowest BCUT2D eigenvalue weighted by Gasteiger charge is -2.29. The summed E-state index contributed by atoms with van der Waals surface area (Å²) in [5.41, 5.74) is 2.75. The third kappa shape index (κ3) is 1.97. The summed E-state index contributed by atoms with van der Waals surface area (Å²) in [6, 6.07) is 8.47. The Morgan fingerprint density at radius 2 is 2.00 bits per heavy atom. The summed E-state index contributed by atoms with van der Waals surface area (Å²) >= 11 is 0. The molecule has 1 amide bonds. The zero-order valence-corrected chi connectivity index (χ0v) is 9.48. The minimum absolute atomic E-state index is 0.358. The summed E-state index contributed by atoms with van der Waals surface area (Å²) in [6.45, 7) is 1.73. The highest BCUT2D eigenvalue weighted by atomic mass is 16.2. The highest BCUT2D eigenvalue weighted by Crippen LogP contribution is 2.33. The smallest absolute Gasteiger partial charge is 0.223 e. The summed E-state index contributed by atoms with van der Waals surface area (Å²) in [4.78, 5) is 14.0. The van der Waals surface area contributed by atoms with Crippen molar-refractivity contribution in [3.05, 3.63) is 35.4 Å². The van der Waals surface area contributed by atoms with Crippen LogP contribution in [0.1, 0.15) is 30.4 Å². The summed E-state index contributed by atoms with van der Waals surface area (Å²) in [5.74, 6) is 1.06. The van der Waals surface area contributed by atoms with Gasteiger partial charge in [-0.05, 0) is 36.3 Å². The number of carbonyl (C=O) groups is 1. The first-order valence-electron chi connectivity index (χ1n) is 6.17. The zero-order chi connectivity index (χ0) is 11.0. The Morgan fingerprint density at radius 1 is 1.25 bits per heavy atom. The quantitative estimate of drug-likeness (QED) is 0.741. The number of fused-ring (bicyclic) bond motifs is 1. The van der Waals surface area contributed by atoms with Gasteiger partial charge in [0.05, 0.1) is 0 Å². The van der Waals surface area contributed by atoms with Crippen LogP contribution in [0.4, 0.5) is 0 Å². The molecular formula is C14H17NO. The Kier molecular flexibility index (Phi) is 2.43. The summed E-state index contributed by atoms with van der Waals surface area (Å²) < 4.78 is 0. The Morgan fingerprint density at radius 3 is 2.75 bits per heavy atom. The molecule has 16 heavy (non-hydrogen) atoms. The average molecular weight is 215 g/mol. The van der Waals surface area contributed by atoms with Crippen LogP contribution >= 0.6 is 0 Å². The van der Waals surface area contributed by atoms with Crippen molar-refractivity contribution in [2.75, 3.05) is 6.54 Å². The number of amides is 1. The van der Waals surface area contributed by atoms with Crippen LogP contribution in [0.15, 0.2) is 24.3 Å². The van der Waals surface area contributed by atoms with E-state index in [1.54, 1.807) is 0 Å². The van der Waals surface area contributed by atoms with Crippen LogP contribution in [0, 0.1) is 5.92 Å². The number of hydrogen-bond acceptors (Lipinski definition) is 1. The second-order valence-electron chi connectivity index (χ2n) is 4.98. The molecule has 1 aromatic carbocycles. The molecule has 0 N–H and O–H groups in total. The highest BCUT2D eigenvalue weighted by Gasteiger charge is 2.28. The van der Waals surface area contributed by atoms with Gasteiger partial charge in [-0.25, -0.2) is 0 Å². The fraction of sp³-hybridized carbons (Fsp3) is 0.500. The second kappa shape index (κ2) is 3.93. The van der Waals surface area contributed by atoms with Gasteiger partial charge in [0.1, 0.15) is 0 Å². The van der Waals surface area contributed by atoms with Gasteiger partial charge in [-0.2, -0.15) is 0 Å². The van der Waals surface area contributed by atoms with Gasteiger partial charge in [-0.1, -0.05) is 24.3 Å². The van der Waals surface area contributed by atoms with Crippen LogP contribution in [0.5, 0.6) is 0 Å². The van der Waals surface area contributed by atoms with Crippen molar-refractivity contribution >= 4 is 5.91 Å². The minimum Gasteiger partial charge on any atom is -0.338 e. The molecule has 2 aliphatic rings. The van der Waals surface area contributed by atoms with Gasteiger partial charge in [-0.15, -0.1) is 0 Å². The predicted molar refractivity (Wildman–Crippen MR) is 62.9 cm³/mol. The van der Waals surface area contributed by atoms with E-state index in [0.717, 1.165) is 25.9 Å². The van der Waals surface area contributed by atoms with Gasteiger partial charge in [-0.3, -0.25) is 4.79 Å². The Bertz CT molecular complexity index is 409. The molecule has 2 heteroatoms. The van der Waals surface area contributed by atoms with E-state index >= 15 is 0 Å². The summed E-state index contributed by atoms with van der Waals surface area (Å²) in [6.07, 6.45) is 4.32. The van der Waals surface area contributed by atoms with Gasteiger partial charge in [0.25, 0.3) is 0 Å². The fourth-order valence-corrected chi connectivity index (χ4v) is 2.41. The van der Waals surface area contributed by atoms with Crippen LogP contribution in [-0.2, 0) is 17.8 Å². The van der Waals surface area contributed by atoms with E-state index < -0.39 is 0 Å². The minimum atomic E-state index is 0.358. The van der Waals surface area contributed by atoms with Crippen molar-refractivity contribution < 1.29 is 4.79 Å². The second-order valence-corrected chi connectivity index (χ2v) is 4.98. The molecule has 0 unspecified atom stereocenters. The first-order chi connectivity index (χ1) is 7.83. The van der Waals surface area contributed by atoms with Crippen molar-refractivity contribution in [3.63, 3.8) is 0 Å². The molecule has 84 valence electrons. The van der Waals surface area contributed by atoms with Crippen LogP contribution in [0.2, 0.25) is 0 Å². The van der Waals surface area contributed by atoms with Crippen LogP contribution in [0.25, 0.3) is 0 Å². The van der Waals surface area contributed by atoms with Crippen molar-refractivity contribution in [2.45, 2.75) is 32.2 Å². The van der Waals surface area contributed by atoms with E-state index in [4.69, 9.17) is 0 Å². The topological polar surface area (TPSA) is 20.3 Å². The SMILES string of the molecule is O=C(CC1CC1)N1CCc2ccccc2C1. The molecule has 3 rings (SSSR count). The summed E-state index contributed by atoms with van der Waals surface area (Å²) in [5, 5.41) is 0. The number of nitrogens with zero attached hydrogens (tertiary/aromatic N) is 1. The van der Waals surface area contributed by atoms with Crippen molar-refractivity contribution in [2.24, 2.45) is 5.92 Å². The van der Waals surface area contributed by atoms with E-state index in [9.17, 15) is 4.79 Å². The van der Waals surface area contributed by atoms with E-state index in [1.807, 2.05) is 4.90 Å². The average Bonchev–Trinajstić information content (AvgIpc) is 3.12. The molecule has 1 fully saturated rings. The zero-order valence-electron chi connectivity index (χ0n) is 9.48. The predicted octanol–water partition coefficient (Wildman–Crippen LogP) is 2.37. The molecule has 1 aromatic rings. The molecule has 1 aliphatic heterocycles. The molecule has 0 bridgehead atoms. The molecular weight excluding hydrogens is 198 g/mol. The Labute approximate surface area is 96.3 Å². The molecule has 1 saturated carbocycles. The lowest BCUT2D eigenvalue weighted by atomic mass is 9.99. The molecule has 1 heterocycles. The van der Waals surface area contributed by atoms with E-state index in [0.29, 0.717) is 11.8 Å². The molecule has 0 radical (unpaired) electrons. The van der Waals surface area contributed by atoms with Gasteiger partial charge < -0.3 is 4.90 Å². The van der Waals surface area contributed by atoms with Crippen LogP contribution in [-0.4, -0.2) is 17.4 Å². The van der Waals surface area contributed by atoms with Gasteiger partial charge in [0, 0.05) is 19.5 Å². The first-order valence-corrected chi connectivity index (χ1v) is 6.17. The lowest BCUT2D eigenvalue weighted by Crippen LogP contribution is -2.36. The molecule has 2 nitrogen and oxygen atoms in total. The number of hydrogen-bond donors (Lipinski definition) is 0. The maximum atomic E-state index is 12.0. The number of carbonyl (C=O) groups excluding carboxylic acids is 1. The Balaban J connectivity index is 1.69. The van der Waals surface area contributed by atoms with Gasteiger partial charge >= 0.3 is 0 Å². The van der Waals surface area contributed by atoms with Crippen molar-refractivity contribution in [3.8, 4) is 0 Å². The van der Waals surface area contributed by atoms with Gasteiger partial charge in [0.15, 0.2) is 0 Å². The number of rotatable bonds is 2. The monoisotopic (exact) mass is 215 g/mol. The third-order valence-corrected chi connectivity index (χ3v) is 3.64. The summed E-state index contributed by atoms with van der Waals surface area (Å²) in [7, 11) is 0. The van der Waals surface area contributed by atoms with Crippen molar-refractivity contribution in [1.82, 2.24) is 4.90 Å². The van der Waals surface area contributed by atoms with E-state index in [2.05, 4.69) is 24.3 Å². The molecule has 1 aliphatic carbocycles. The molecule has 0 spiro atoms. The van der Waals surface area contributed by atoms with Gasteiger partial charge in [0.2, 0.25) is 5.91 Å². The lowest BCUT2D eigenvalue weighted by molar-refractivity contribution is -0.132. The highest BCUT2D eigenvalue weighted by molar-refractivity contribution is 5.77. The molecule has 0 atom stereocenters. The third-order valence-electron chi connectivity index (χ3n) is 3.64. The number of benzene rings is 1. The van der Waals surface area contributed by atoms with Crippen LogP contribution in [0.3, 0.4) is 0 Å². The maximum absolute atomic E-state index is 12.0. The van der Waals surface area contributed by atoms with Crippen molar-refractivity contribution in [1.29, 1.82) is 0 Å². The van der Waals surface area contributed by atoms with E-state index in [1.165, 1.54) is 24.0 Å². The maximum Gasteiger partial charge on any atom is 0.223 e. The normalized spacial score (nSPS) is 19.4. The first kappa shape index (κ1) is 9.88. The van der Waals surface area contributed by atoms with E-state index in [-0.39, 0.29) is 0 Å². The van der Waals surface area contributed by atoms with Crippen LogP contribution < -0.4 is 0 Å². The largest absolute Gasteiger partial charge is 0.338 e. The molecule has 0 aromatic heterocycles. The fourth-order valence-electron chi connectivity index (χ4n) is 2.41. The Hall–Kier alpha value is -1.31. The molecule has 0 saturated heterocycles. The standard InChI is InChI=1S/C14H17NO/c16-14(9-11-5-6-11)15-8-7-12-3-1-2-4-13(12)10-15/h1-4,11H,5-10H2.